The molecule has 14 heteroatoms. The van der Waals surface area contributed by atoms with Crippen molar-refractivity contribution in [3.8, 4) is 0 Å². The summed E-state index contributed by atoms with van der Waals surface area (Å²) in [4.78, 5) is 24.2. The Kier molecular flexibility index (Phi) is 5.27. The molecule has 4 aromatic rings. The highest BCUT2D eigenvalue weighted by molar-refractivity contribution is 8.00. The Morgan fingerprint density at radius 2 is 1.75 bits per heavy atom. The van der Waals surface area contributed by atoms with Crippen molar-refractivity contribution in [3.63, 3.8) is 0 Å². The average Bonchev–Trinajstić information content (AvgIpc) is 3.44. The number of carboxylic acids is 2. The highest BCUT2D eigenvalue weighted by Crippen LogP contribution is 2.43. The summed E-state index contributed by atoms with van der Waals surface area (Å²) in [7, 11) is 0. The lowest BCUT2D eigenvalue weighted by Crippen LogP contribution is -2.33. The third-order valence-electron chi connectivity index (χ3n) is 5.45. The van der Waals surface area contributed by atoms with E-state index in [0.717, 1.165) is 50.6 Å². The summed E-state index contributed by atoms with van der Waals surface area (Å²) in [6.07, 6.45) is 1.55. The molecule has 4 aromatic heterocycles. The number of fused-ring (bicyclic) bond motifs is 8. The molecule has 0 amide bonds. The summed E-state index contributed by atoms with van der Waals surface area (Å²) in [5, 5.41) is 37.1. The minimum Gasteiger partial charge on any atom is -0.481 e. The van der Waals surface area contributed by atoms with Crippen molar-refractivity contribution in [2.75, 3.05) is 11.5 Å². The van der Waals surface area contributed by atoms with Gasteiger partial charge in [-0.2, -0.15) is 0 Å². The molecule has 1 aliphatic heterocycles. The van der Waals surface area contributed by atoms with Crippen LogP contribution in [0.5, 0.6) is 0 Å². The van der Waals surface area contributed by atoms with E-state index in [9.17, 15) is 9.59 Å². The lowest BCUT2D eigenvalue weighted by atomic mass is 9.90. The second kappa shape index (κ2) is 7.86. The van der Waals surface area contributed by atoms with Crippen LogP contribution in [0.25, 0.3) is 21.6 Å². The fourth-order valence-corrected chi connectivity index (χ4v) is 6.30. The van der Waals surface area contributed by atoms with E-state index in [1.807, 2.05) is 4.40 Å². The number of carbonyl (C=O) groups is 2. The van der Waals surface area contributed by atoms with Crippen LogP contribution < -0.4 is 0 Å². The molecule has 1 atom stereocenters. The second-order valence-electron chi connectivity index (χ2n) is 7.58. The van der Waals surface area contributed by atoms with Gasteiger partial charge in [0.2, 0.25) is 5.78 Å². The van der Waals surface area contributed by atoms with Crippen LogP contribution in [0, 0.1) is 0 Å². The van der Waals surface area contributed by atoms with E-state index in [-0.39, 0.29) is 17.1 Å². The van der Waals surface area contributed by atoms with E-state index < -0.39 is 11.9 Å². The first-order chi connectivity index (χ1) is 15.3. The van der Waals surface area contributed by atoms with Crippen molar-refractivity contribution in [1.82, 2.24) is 29.2 Å². The summed E-state index contributed by atoms with van der Waals surface area (Å²) in [5.74, 6) is -1.85. The number of hydrogen-bond donors (Lipinski definition) is 2. The Bertz CT molecular complexity index is 1390. The molecular weight excluding hydrogens is 476 g/mol. The molecular formula is C18H18N6O5S3. The Balaban J connectivity index is 1.81. The zero-order chi connectivity index (χ0) is 22.6. The quantitative estimate of drug-likeness (QED) is 0.366. The average molecular weight is 495 g/mol. The van der Waals surface area contributed by atoms with Gasteiger partial charge in [0, 0.05) is 11.3 Å². The topological polar surface area (TPSA) is 144 Å². The van der Waals surface area contributed by atoms with Crippen molar-refractivity contribution in [3.05, 3.63) is 10.4 Å². The van der Waals surface area contributed by atoms with Crippen LogP contribution in [-0.4, -0.2) is 68.5 Å². The first kappa shape index (κ1) is 21.4. The van der Waals surface area contributed by atoms with Gasteiger partial charge >= 0.3 is 11.9 Å². The van der Waals surface area contributed by atoms with Gasteiger partial charge in [0.25, 0.3) is 0 Å². The largest absolute Gasteiger partial charge is 0.481 e. The third-order valence-corrected chi connectivity index (χ3v) is 8.47. The molecule has 0 radical (unpaired) electrons. The van der Waals surface area contributed by atoms with Gasteiger partial charge in [-0.15, -0.1) is 31.7 Å². The molecule has 0 spiro atoms. The van der Waals surface area contributed by atoms with Crippen LogP contribution in [0.15, 0.2) is 10.3 Å². The Morgan fingerprint density at radius 1 is 1.09 bits per heavy atom. The van der Waals surface area contributed by atoms with E-state index >= 15 is 0 Å². The maximum Gasteiger partial charge on any atom is 0.313 e. The van der Waals surface area contributed by atoms with Crippen LogP contribution in [0.4, 0.5) is 0 Å². The van der Waals surface area contributed by atoms with Gasteiger partial charge in [0.1, 0.15) is 4.83 Å². The third kappa shape index (κ3) is 3.41. The predicted octanol–water partition coefficient (Wildman–Crippen LogP) is 2.58. The molecule has 0 aliphatic carbocycles. The molecule has 0 aromatic carbocycles. The molecule has 0 bridgehead atoms. The monoisotopic (exact) mass is 494 g/mol. The molecule has 2 N–H and O–H groups in total. The highest BCUT2D eigenvalue weighted by atomic mass is 32.2. The lowest BCUT2D eigenvalue weighted by molar-refractivity contribution is -0.134. The number of aliphatic carboxylic acids is 2. The van der Waals surface area contributed by atoms with E-state index in [1.165, 1.54) is 0 Å². The SMILES string of the molecule is CCC1(C)Cc2c(sc3c2c2nnc(SCC(=O)O)n2c2nnc(SCC(=O)O)n32)CO1. The zero-order valence-corrected chi connectivity index (χ0v) is 19.5. The predicted molar refractivity (Wildman–Crippen MR) is 119 cm³/mol. The Hall–Kier alpha value is -2.42. The van der Waals surface area contributed by atoms with Gasteiger partial charge in [-0.25, -0.2) is 8.80 Å². The van der Waals surface area contributed by atoms with Gasteiger partial charge in [0.05, 0.1) is 29.1 Å². The van der Waals surface area contributed by atoms with E-state index in [0.29, 0.717) is 34.8 Å². The van der Waals surface area contributed by atoms with Gasteiger partial charge in [-0.1, -0.05) is 30.4 Å². The van der Waals surface area contributed by atoms with Crippen molar-refractivity contribution in [2.45, 2.75) is 49.2 Å². The summed E-state index contributed by atoms with van der Waals surface area (Å²) < 4.78 is 9.65. The number of thioether (sulfide) groups is 2. The van der Waals surface area contributed by atoms with Crippen LogP contribution in [0.2, 0.25) is 0 Å². The molecule has 11 nitrogen and oxygen atoms in total. The normalized spacial score (nSPS) is 18.6. The number of hydrogen-bond acceptors (Lipinski definition) is 10. The number of aromatic nitrogens is 6. The molecule has 168 valence electrons. The highest BCUT2D eigenvalue weighted by Gasteiger charge is 2.34. The van der Waals surface area contributed by atoms with Gasteiger partial charge in [-0.3, -0.25) is 9.59 Å². The fraction of sp³-hybridized carbons (Fsp3) is 0.444. The second-order valence-corrected chi connectivity index (χ2v) is 10.5. The van der Waals surface area contributed by atoms with Gasteiger partial charge < -0.3 is 14.9 Å². The van der Waals surface area contributed by atoms with Gasteiger partial charge in [-0.05, 0) is 18.9 Å². The minimum atomic E-state index is -0.966. The standard InChI is InChI=1S/C18H18N6O5S3/c1-3-18(2)4-8-9(5-29-18)32-14-12(8)13-19-21-16(30-6-10(25)26)23(13)15-20-22-17(24(14)15)31-7-11(27)28/h3-7H2,1-2H3,(H,25,26)(H,27,28). The first-order valence-electron chi connectivity index (χ1n) is 9.71. The van der Waals surface area contributed by atoms with Crippen molar-refractivity contribution < 1.29 is 24.5 Å². The van der Waals surface area contributed by atoms with E-state index in [1.54, 1.807) is 15.7 Å². The van der Waals surface area contributed by atoms with Crippen LogP contribution in [0.3, 0.4) is 0 Å². The maximum absolute atomic E-state index is 11.2. The smallest absolute Gasteiger partial charge is 0.313 e. The van der Waals surface area contributed by atoms with E-state index in [4.69, 9.17) is 14.9 Å². The molecule has 1 unspecified atom stereocenters. The molecule has 32 heavy (non-hydrogen) atoms. The molecule has 0 fully saturated rings. The van der Waals surface area contributed by atoms with Crippen molar-refractivity contribution >= 4 is 68.4 Å². The number of nitrogens with zero attached hydrogens (tertiary/aromatic N) is 6. The fourth-order valence-electron chi connectivity index (χ4n) is 3.72. The Labute approximate surface area is 193 Å². The minimum absolute atomic E-state index is 0.161. The summed E-state index contributed by atoms with van der Waals surface area (Å²) in [6, 6.07) is 0. The lowest BCUT2D eigenvalue weighted by Gasteiger charge is -2.32. The van der Waals surface area contributed by atoms with Crippen LogP contribution in [0.1, 0.15) is 30.7 Å². The number of rotatable bonds is 7. The first-order valence-corrected chi connectivity index (χ1v) is 12.5. The molecule has 0 saturated heterocycles. The maximum atomic E-state index is 11.2. The molecule has 5 heterocycles. The van der Waals surface area contributed by atoms with Crippen molar-refractivity contribution in [1.29, 1.82) is 0 Å². The van der Waals surface area contributed by atoms with E-state index in [2.05, 4.69) is 34.2 Å². The summed E-state index contributed by atoms with van der Waals surface area (Å²) >= 11 is 3.67. The number of carboxylic acid groups (broad SMARTS) is 2. The van der Waals surface area contributed by atoms with Gasteiger partial charge in [0.15, 0.2) is 16.0 Å². The Morgan fingerprint density at radius 3 is 2.41 bits per heavy atom. The molecule has 1 aliphatic rings. The number of thiophene rings is 1. The number of ether oxygens (including phenoxy) is 1. The summed E-state index contributed by atoms with van der Waals surface area (Å²) in [5.41, 5.74) is 1.40. The summed E-state index contributed by atoms with van der Waals surface area (Å²) in [6.45, 7) is 4.65. The van der Waals surface area contributed by atoms with Crippen molar-refractivity contribution in [2.24, 2.45) is 0 Å². The van der Waals surface area contributed by atoms with Crippen LogP contribution in [-0.2, 0) is 27.4 Å². The molecule has 0 saturated carbocycles. The zero-order valence-electron chi connectivity index (χ0n) is 17.1. The molecule has 5 rings (SSSR count). The van der Waals surface area contributed by atoms with Crippen LogP contribution >= 0.6 is 34.9 Å².